The first-order valence-electron chi connectivity index (χ1n) is 14.0. The van der Waals surface area contributed by atoms with E-state index in [1.54, 1.807) is 24.3 Å². The summed E-state index contributed by atoms with van der Waals surface area (Å²) in [5.41, 5.74) is 2.03. The van der Waals surface area contributed by atoms with Gasteiger partial charge in [-0.3, -0.25) is 29.0 Å². The van der Waals surface area contributed by atoms with E-state index in [2.05, 4.69) is 31.0 Å². The van der Waals surface area contributed by atoms with Gasteiger partial charge in [0.25, 0.3) is 11.8 Å². The first-order valence-corrected chi connectivity index (χ1v) is 14.0. The number of benzene rings is 2. The van der Waals surface area contributed by atoms with Gasteiger partial charge in [0, 0.05) is 43.9 Å². The number of Topliss-reactive ketones (excluding diaryl/α,β-unsaturated/α-hetero) is 2. The smallest absolute Gasteiger partial charge is 0.264 e. The maximum Gasteiger partial charge on any atom is 0.264 e. The van der Waals surface area contributed by atoms with E-state index in [-0.39, 0.29) is 60.2 Å². The van der Waals surface area contributed by atoms with Crippen molar-refractivity contribution in [3.05, 3.63) is 64.5 Å². The minimum atomic E-state index is -0.920. The van der Waals surface area contributed by atoms with Gasteiger partial charge in [0.05, 0.1) is 35.3 Å². The molecule has 2 aliphatic heterocycles. The highest BCUT2D eigenvalue weighted by atomic mass is 19.1. The molecular formula is C31H36FN3O5. The number of amides is 2. The molecule has 1 unspecified atom stereocenters. The van der Waals surface area contributed by atoms with Crippen molar-refractivity contribution >= 4 is 29.1 Å². The molecule has 0 spiro atoms. The van der Waals surface area contributed by atoms with Crippen LogP contribution in [0.25, 0.3) is 0 Å². The van der Waals surface area contributed by atoms with Crippen LogP contribution in [0.4, 0.5) is 10.1 Å². The zero-order valence-corrected chi connectivity index (χ0v) is 23.3. The van der Waals surface area contributed by atoms with Gasteiger partial charge in [0.1, 0.15) is 11.6 Å². The van der Waals surface area contributed by atoms with Crippen LogP contribution in [0.1, 0.15) is 84.7 Å². The number of ether oxygens (including phenoxy) is 1. The van der Waals surface area contributed by atoms with Gasteiger partial charge < -0.3 is 10.1 Å². The molecule has 9 heteroatoms. The number of hydrogen-bond donors (Lipinski definition) is 1. The number of nitrogens with zero attached hydrogens (tertiary/aromatic N) is 2. The number of rotatable bonds is 7. The third-order valence-electron chi connectivity index (χ3n) is 7.75. The highest BCUT2D eigenvalue weighted by Gasteiger charge is 2.45. The Morgan fingerprint density at radius 1 is 1.00 bits per heavy atom. The first kappa shape index (κ1) is 28.1. The molecule has 2 aromatic carbocycles. The lowest BCUT2D eigenvalue weighted by atomic mass is 9.92. The number of carbonyl (C=O) groups excluding carboxylic acids is 4. The Morgan fingerprint density at radius 3 is 2.42 bits per heavy atom. The molecule has 0 aromatic heterocycles. The Bertz CT molecular complexity index is 1340. The second-order valence-corrected chi connectivity index (χ2v) is 11.9. The van der Waals surface area contributed by atoms with Crippen molar-refractivity contribution in [2.45, 2.75) is 83.7 Å². The van der Waals surface area contributed by atoms with Crippen LogP contribution in [0, 0.1) is 5.82 Å². The van der Waals surface area contributed by atoms with Gasteiger partial charge >= 0.3 is 0 Å². The average molecular weight is 550 g/mol. The third kappa shape index (κ3) is 6.00. The number of piperidine rings is 1. The molecule has 1 saturated heterocycles. The van der Waals surface area contributed by atoms with Crippen LogP contribution in [0.2, 0.25) is 0 Å². The van der Waals surface area contributed by atoms with Crippen molar-refractivity contribution in [1.82, 2.24) is 9.80 Å². The Hall–Kier alpha value is -3.43. The summed E-state index contributed by atoms with van der Waals surface area (Å²) in [5.74, 6) is -1.93. The molecule has 2 aromatic rings. The fourth-order valence-electron chi connectivity index (χ4n) is 5.82. The molecule has 1 atom stereocenters. The molecule has 212 valence electrons. The van der Waals surface area contributed by atoms with Crippen LogP contribution in [-0.2, 0) is 27.4 Å². The van der Waals surface area contributed by atoms with Crippen molar-refractivity contribution in [2.75, 3.05) is 18.4 Å². The van der Waals surface area contributed by atoms with Gasteiger partial charge in [-0.1, -0.05) is 18.2 Å². The Balaban J connectivity index is 1.21. The summed E-state index contributed by atoms with van der Waals surface area (Å²) in [4.78, 5) is 53.7. The lowest BCUT2D eigenvalue weighted by Crippen LogP contribution is -2.47. The van der Waals surface area contributed by atoms with Crippen molar-refractivity contribution in [3.63, 3.8) is 0 Å². The molecule has 2 heterocycles. The van der Waals surface area contributed by atoms with Crippen LogP contribution in [0.3, 0.4) is 0 Å². The molecule has 3 aliphatic rings. The van der Waals surface area contributed by atoms with Gasteiger partial charge in [-0.05, 0) is 63.8 Å². The zero-order valence-electron chi connectivity index (χ0n) is 23.3. The predicted octanol–water partition coefficient (Wildman–Crippen LogP) is 4.50. The molecule has 40 heavy (non-hydrogen) atoms. The van der Waals surface area contributed by atoms with Gasteiger partial charge in [-0.25, -0.2) is 4.39 Å². The largest absolute Gasteiger partial charge is 0.380 e. The van der Waals surface area contributed by atoms with Gasteiger partial charge in [0.15, 0.2) is 5.78 Å². The van der Waals surface area contributed by atoms with E-state index in [0.717, 1.165) is 30.8 Å². The number of imide groups is 1. The second kappa shape index (κ2) is 11.2. The zero-order chi connectivity index (χ0) is 28.6. The van der Waals surface area contributed by atoms with E-state index in [1.807, 2.05) is 6.07 Å². The molecular weight excluding hydrogens is 513 g/mol. The highest BCUT2D eigenvalue weighted by molar-refractivity contribution is 6.25. The lowest BCUT2D eigenvalue weighted by molar-refractivity contribution is -0.132. The number of ketones is 2. The van der Waals surface area contributed by atoms with Crippen LogP contribution in [0.15, 0.2) is 36.4 Å². The standard InChI is InChI=1S/C31H36FN3O5/c1-31(2,3)40-22-11-13-34(14-12-22)18-20-8-7-19(15-24(20)32)17-33-25-6-4-5-23-28(25)30(39)35(29(23)38)26-10-9-21(36)16-27(26)37/h4-8,15,22,26,33H,9-14,16-18H2,1-3H3. The van der Waals surface area contributed by atoms with E-state index in [4.69, 9.17) is 4.74 Å². The maximum absolute atomic E-state index is 15.0. The first-order chi connectivity index (χ1) is 19.0. The summed E-state index contributed by atoms with van der Waals surface area (Å²) in [5, 5.41) is 3.18. The Kier molecular flexibility index (Phi) is 7.88. The van der Waals surface area contributed by atoms with E-state index in [9.17, 15) is 19.2 Å². The van der Waals surface area contributed by atoms with E-state index in [0.29, 0.717) is 23.4 Å². The van der Waals surface area contributed by atoms with E-state index >= 15 is 4.39 Å². The molecule has 0 radical (unpaired) electrons. The summed E-state index contributed by atoms with van der Waals surface area (Å²) in [6, 6.07) is 9.16. The summed E-state index contributed by atoms with van der Waals surface area (Å²) >= 11 is 0. The summed E-state index contributed by atoms with van der Waals surface area (Å²) < 4.78 is 21.1. The number of hydrogen-bond acceptors (Lipinski definition) is 7. The summed E-state index contributed by atoms with van der Waals surface area (Å²) in [6.07, 6.45) is 2.15. The number of carbonyl (C=O) groups is 4. The fourth-order valence-corrected chi connectivity index (χ4v) is 5.82. The minimum Gasteiger partial charge on any atom is -0.380 e. The SMILES string of the molecule is CC(C)(C)OC1CCN(Cc2ccc(CNc3cccc4c3C(=O)N(C3CCC(=O)CC3=O)C4=O)cc2F)CC1. The molecule has 2 amide bonds. The fraction of sp³-hybridized carbons (Fsp3) is 0.484. The van der Waals surface area contributed by atoms with Crippen LogP contribution < -0.4 is 5.32 Å². The van der Waals surface area contributed by atoms with E-state index in [1.165, 1.54) is 6.07 Å². The summed E-state index contributed by atoms with van der Waals surface area (Å²) in [7, 11) is 0. The Morgan fingerprint density at radius 2 is 1.75 bits per heavy atom. The topological polar surface area (TPSA) is 96.0 Å². The third-order valence-corrected chi connectivity index (χ3v) is 7.75. The van der Waals surface area contributed by atoms with Gasteiger partial charge in [-0.15, -0.1) is 0 Å². The minimum absolute atomic E-state index is 0.153. The van der Waals surface area contributed by atoms with Crippen LogP contribution in [-0.4, -0.2) is 64.0 Å². The predicted molar refractivity (Wildman–Crippen MR) is 147 cm³/mol. The summed E-state index contributed by atoms with van der Waals surface area (Å²) in [6.45, 7) is 8.68. The van der Waals surface area contributed by atoms with Crippen LogP contribution in [0.5, 0.6) is 0 Å². The van der Waals surface area contributed by atoms with Crippen molar-refractivity contribution in [3.8, 4) is 0 Å². The Labute approximate surface area is 233 Å². The number of likely N-dealkylation sites (tertiary alicyclic amines) is 1. The van der Waals surface area contributed by atoms with Crippen molar-refractivity contribution in [2.24, 2.45) is 0 Å². The second-order valence-electron chi connectivity index (χ2n) is 11.9. The van der Waals surface area contributed by atoms with Crippen molar-refractivity contribution in [1.29, 1.82) is 0 Å². The normalized spacial score (nSPS) is 20.8. The quantitative estimate of drug-likeness (QED) is 0.401. The molecule has 1 saturated carbocycles. The number of anilines is 1. The number of fused-ring (bicyclic) bond motifs is 1. The monoisotopic (exact) mass is 549 g/mol. The molecule has 1 N–H and O–H groups in total. The molecule has 2 fully saturated rings. The lowest BCUT2D eigenvalue weighted by Gasteiger charge is -2.35. The molecule has 8 nitrogen and oxygen atoms in total. The van der Waals surface area contributed by atoms with E-state index < -0.39 is 23.6 Å². The van der Waals surface area contributed by atoms with Gasteiger partial charge in [-0.2, -0.15) is 0 Å². The molecule has 5 rings (SSSR count). The average Bonchev–Trinajstić information content (AvgIpc) is 3.15. The number of nitrogens with one attached hydrogen (secondary N) is 1. The molecule has 0 bridgehead atoms. The van der Waals surface area contributed by atoms with Crippen molar-refractivity contribution < 1.29 is 28.3 Å². The van der Waals surface area contributed by atoms with Gasteiger partial charge in [0.2, 0.25) is 0 Å². The highest BCUT2D eigenvalue weighted by Crippen LogP contribution is 2.33. The number of halogens is 1. The maximum atomic E-state index is 15.0. The molecule has 1 aliphatic carbocycles. The van der Waals surface area contributed by atoms with Crippen LogP contribution >= 0.6 is 0 Å².